The number of anilines is 1. The SMILES string of the molecule is O=C(NCC(F)F)[C@H](Nc1ccc2c(c1)CNC2)c1cc(Cl)cc(Cl)c1OCCN1CCOCC1. The summed E-state index contributed by atoms with van der Waals surface area (Å²) in [5.41, 5.74) is 3.31. The minimum Gasteiger partial charge on any atom is -0.490 e. The van der Waals surface area contributed by atoms with E-state index < -0.39 is 24.9 Å². The maximum atomic E-state index is 13.1. The van der Waals surface area contributed by atoms with Crippen LogP contribution in [0.15, 0.2) is 30.3 Å². The summed E-state index contributed by atoms with van der Waals surface area (Å²) in [7, 11) is 0. The van der Waals surface area contributed by atoms with Crippen LogP contribution in [-0.2, 0) is 22.6 Å². The molecule has 11 heteroatoms. The van der Waals surface area contributed by atoms with Crippen LogP contribution in [0.1, 0.15) is 22.7 Å². The van der Waals surface area contributed by atoms with Gasteiger partial charge < -0.3 is 25.4 Å². The smallest absolute Gasteiger partial charge is 0.255 e. The molecule has 1 amide bonds. The van der Waals surface area contributed by atoms with Crippen LogP contribution in [0.5, 0.6) is 5.75 Å². The van der Waals surface area contributed by atoms with Gasteiger partial charge in [0.25, 0.3) is 6.43 Å². The molecule has 2 aliphatic rings. The van der Waals surface area contributed by atoms with Gasteiger partial charge >= 0.3 is 0 Å². The van der Waals surface area contributed by atoms with Crippen molar-refractivity contribution in [1.29, 1.82) is 0 Å². The third kappa shape index (κ3) is 6.95. The number of carbonyl (C=O) groups excluding carboxylic acids is 1. The number of nitrogens with zero attached hydrogens (tertiary/aromatic N) is 1. The van der Waals surface area contributed by atoms with E-state index >= 15 is 0 Å². The van der Waals surface area contributed by atoms with Crippen molar-refractivity contribution >= 4 is 34.8 Å². The summed E-state index contributed by atoms with van der Waals surface area (Å²) in [6.45, 7) is 4.63. The van der Waals surface area contributed by atoms with E-state index in [4.69, 9.17) is 32.7 Å². The first-order valence-corrected chi connectivity index (χ1v) is 12.2. The average molecular weight is 529 g/mol. The van der Waals surface area contributed by atoms with E-state index in [0.717, 1.165) is 25.2 Å². The van der Waals surface area contributed by atoms with Crippen LogP contribution < -0.4 is 20.7 Å². The lowest BCUT2D eigenvalue weighted by Crippen LogP contribution is -2.39. The Morgan fingerprint density at radius 2 is 1.91 bits per heavy atom. The van der Waals surface area contributed by atoms with E-state index in [9.17, 15) is 13.6 Å². The second-order valence-corrected chi connectivity index (χ2v) is 9.25. The molecule has 2 heterocycles. The standard InChI is InChI=1S/C24H28Cl2F2N4O3/c25-17-10-19(23(20(26)11-17)35-8-5-32-3-6-34-7-4-32)22(24(33)30-14-21(27)28)31-18-2-1-15-12-29-13-16(15)9-18/h1-2,9-11,21-22,29,31H,3-8,12-14H2,(H,30,33)/t22-/m1/s1. The van der Waals surface area contributed by atoms with E-state index in [1.807, 2.05) is 18.2 Å². The monoisotopic (exact) mass is 528 g/mol. The normalized spacial score (nSPS) is 16.7. The molecule has 0 aromatic heterocycles. The van der Waals surface area contributed by atoms with Gasteiger partial charge in [0.15, 0.2) is 0 Å². The summed E-state index contributed by atoms with van der Waals surface area (Å²) in [6.07, 6.45) is -2.68. The molecule has 2 aromatic rings. The van der Waals surface area contributed by atoms with E-state index in [0.29, 0.717) is 49.2 Å². The molecule has 2 aromatic carbocycles. The summed E-state index contributed by atoms with van der Waals surface area (Å²) >= 11 is 12.8. The van der Waals surface area contributed by atoms with E-state index in [-0.39, 0.29) is 10.8 Å². The molecule has 0 unspecified atom stereocenters. The molecule has 1 saturated heterocycles. The third-order valence-electron chi connectivity index (χ3n) is 5.95. The minimum absolute atomic E-state index is 0.237. The van der Waals surface area contributed by atoms with Gasteiger partial charge in [-0.3, -0.25) is 9.69 Å². The molecule has 35 heavy (non-hydrogen) atoms. The fourth-order valence-electron chi connectivity index (χ4n) is 4.16. The van der Waals surface area contributed by atoms with Gasteiger partial charge in [0, 0.05) is 49.0 Å². The van der Waals surface area contributed by atoms with Crippen LogP contribution in [0, 0.1) is 0 Å². The lowest BCUT2D eigenvalue weighted by Gasteiger charge is -2.27. The molecule has 7 nitrogen and oxygen atoms in total. The van der Waals surface area contributed by atoms with Crippen molar-refractivity contribution in [1.82, 2.24) is 15.5 Å². The maximum absolute atomic E-state index is 13.1. The number of carbonyl (C=O) groups is 1. The summed E-state index contributed by atoms with van der Waals surface area (Å²) in [5.74, 6) is -0.350. The molecule has 3 N–H and O–H groups in total. The van der Waals surface area contributed by atoms with Crippen molar-refractivity contribution in [2.24, 2.45) is 0 Å². The zero-order valence-electron chi connectivity index (χ0n) is 19.1. The minimum atomic E-state index is -2.68. The fourth-order valence-corrected chi connectivity index (χ4v) is 4.73. The summed E-state index contributed by atoms with van der Waals surface area (Å²) < 4.78 is 37.1. The zero-order chi connectivity index (χ0) is 24.8. The van der Waals surface area contributed by atoms with Gasteiger partial charge in [0.1, 0.15) is 18.4 Å². The van der Waals surface area contributed by atoms with Gasteiger partial charge in [-0.15, -0.1) is 0 Å². The van der Waals surface area contributed by atoms with E-state index in [1.54, 1.807) is 6.07 Å². The molecule has 0 saturated carbocycles. The highest BCUT2D eigenvalue weighted by atomic mass is 35.5. The van der Waals surface area contributed by atoms with E-state index in [2.05, 4.69) is 20.9 Å². The van der Waals surface area contributed by atoms with Crippen LogP contribution in [0.25, 0.3) is 0 Å². The highest BCUT2D eigenvalue weighted by molar-refractivity contribution is 6.35. The van der Waals surface area contributed by atoms with Gasteiger partial charge in [-0.25, -0.2) is 8.78 Å². The molecular weight excluding hydrogens is 501 g/mol. The molecule has 0 aliphatic carbocycles. The number of halogens is 4. The molecule has 0 radical (unpaired) electrons. The third-order valence-corrected chi connectivity index (χ3v) is 6.45. The highest BCUT2D eigenvalue weighted by Crippen LogP contribution is 2.38. The largest absolute Gasteiger partial charge is 0.490 e. The van der Waals surface area contributed by atoms with Gasteiger partial charge in [-0.1, -0.05) is 29.3 Å². The Morgan fingerprint density at radius 1 is 1.14 bits per heavy atom. The predicted molar refractivity (Wildman–Crippen MR) is 132 cm³/mol. The first-order chi connectivity index (χ1) is 16.9. The molecule has 190 valence electrons. The number of fused-ring (bicyclic) bond motifs is 1. The molecule has 4 rings (SSSR count). The van der Waals surface area contributed by atoms with Crippen LogP contribution >= 0.6 is 23.2 Å². The van der Waals surface area contributed by atoms with Crippen molar-refractivity contribution in [2.75, 3.05) is 51.3 Å². The van der Waals surface area contributed by atoms with Crippen molar-refractivity contribution in [2.45, 2.75) is 25.6 Å². The lowest BCUT2D eigenvalue weighted by atomic mass is 10.0. The maximum Gasteiger partial charge on any atom is 0.255 e. The van der Waals surface area contributed by atoms with Gasteiger partial charge in [-0.2, -0.15) is 0 Å². The lowest BCUT2D eigenvalue weighted by molar-refractivity contribution is -0.122. The zero-order valence-corrected chi connectivity index (χ0v) is 20.6. The van der Waals surface area contributed by atoms with Crippen molar-refractivity contribution in [3.63, 3.8) is 0 Å². The van der Waals surface area contributed by atoms with Crippen molar-refractivity contribution in [3.05, 3.63) is 57.1 Å². The Hall–Kier alpha value is -2.17. The second-order valence-electron chi connectivity index (χ2n) is 8.41. The van der Waals surface area contributed by atoms with Crippen molar-refractivity contribution < 1.29 is 23.0 Å². The highest BCUT2D eigenvalue weighted by Gasteiger charge is 2.28. The number of hydrogen-bond acceptors (Lipinski definition) is 6. The number of morpholine rings is 1. The number of alkyl halides is 2. The van der Waals surface area contributed by atoms with Crippen LogP contribution in [-0.4, -0.2) is 63.2 Å². The molecule has 0 spiro atoms. The molecule has 2 aliphatic heterocycles. The first-order valence-electron chi connectivity index (χ1n) is 11.5. The number of benzene rings is 2. The van der Waals surface area contributed by atoms with Gasteiger partial charge in [0.05, 0.1) is 24.8 Å². The second kappa shape index (κ2) is 12.2. The Balaban J connectivity index is 1.59. The summed E-state index contributed by atoms with van der Waals surface area (Å²) in [4.78, 5) is 15.3. The van der Waals surface area contributed by atoms with Gasteiger partial charge in [0.2, 0.25) is 5.91 Å². The van der Waals surface area contributed by atoms with Crippen molar-refractivity contribution in [3.8, 4) is 5.75 Å². The number of nitrogens with one attached hydrogen (secondary N) is 3. The van der Waals surface area contributed by atoms with Crippen LogP contribution in [0.3, 0.4) is 0 Å². The fraction of sp³-hybridized carbons (Fsp3) is 0.458. The topological polar surface area (TPSA) is 74.9 Å². The Bertz CT molecular complexity index is 1040. The number of hydrogen-bond donors (Lipinski definition) is 3. The van der Waals surface area contributed by atoms with Crippen LogP contribution in [0.4, 0.5) is 14.5 Å². The van der Waals surface area contributed by atoms with E-state index in [1.165, 1.54) is 11.6 Å². The average Bonchev–Trinajstić information content (AvgIpc) is 3.31. The Morgan fingerprint density at radius 3 is 2.69 bits per heavy atom. The van der Waals surface area contributed by atoms with Gasteiger partial charge in [-0.05, 0) is 35.4 Å². The number of ether oxygens (including phenoxy) is 2. The number of amides is 1. The Labute approximate surface area is 213 Å². The predicted octanol–water partition coefficient (Wildman–Crippen LogP) is 3.84. The molecule has 1 atom stereocenters. The first kappa shape index (κ1) is 25.9. The summed E-state index contributed by atoms with van der Waals surface area (Å²) in [5, 5.41) is 9.29. The number of rotatable bonds is 10. The molecular formula is C24H28Cl2F2N4O3. The quantitative estimate of drug-likeness (QED) is 0.435. The molecule has 0 bridgehead atoms. The Kier molecular flexibility index (Phi) is 9.02. The summed E-state index contributed by atoms with van der Waals surface area (Å²) in [6, 6.07) is 7.81. The molecule has 1 fully saturated rings. The van der Waals surface area contributed by atoms with Crippen LogP contribution in [0.2, 0.25) is 10.0 Å².